The van der Waals surface area contributed by atoms with Gasteiger partial charge in [0.2, 0.25) is 0 Å². The first-order chi connectivity index (χ1) is 12.2. The molecule has 1 amide bonds. The average molecular weight is 344 g/mol. The molecule has 1 aliphatic carbocycles. The molecular formula is C18H21FN4O2. The number of ether oxygens (including phenoxy) is 1. The lowest BCUT2D eigenvalue weighted by atomic mass is 10.2. The monoisotopic (exact) mass is 344 g/mol. The zero-order chi connectivity index (χ0) is 17.2. The molecule has 0 bridgehead atoms. The number of H-pyrrole nitrogens is 1. The van der Waals surface area contributed by atoms with Gasteiger partial charge in [0.25, 0.3) is 5.91 Å². The number of halogens is 1. The normalized spacial score (nSPS) is 19.8. The van der Waals surface area contributed by atoms with Crippen LogP contribution in [0.4, 0.5) is 15.8 Å². The number of nitrogens with zero attached hydrogens (tertiary/aromatic N) is 1. The highest BCUT2D eigenvalue weighted by Crippen LogP contribution is 2.39. The van der Waals surface area contributed by atoms with Gasteiger partial charge >= 0.3 is 0 Å². The minimum atomic E-state index is -0.406. The lowest BCUT2D eigenvalue weighted by molar-refractivity contribution is 0.102. The van der Waals surface area contributed by atoms with Gasteiger partial charge < -0.3 is 15.4 Å². The third kappa shape index (κ3) is 3.82. The number of carbonyl (C=O) groups is 1. The average Bonchev–Trinajstić information content (AvgIpc) is 3.11. The highest BCUT2D eigenvalue weighted by molar-refractivity contribution is 6.03. The minimum Gasteiger partial charge on any atom is -0.380 e. The fourth-order valence-electron chi connectivity index (χ4n) is 3.02. The van der Waals surface area contributed by atoms with E-state index in [0.717, 1.165) is 38.0 Å². The molecule has 2 aromatic rings. The fourth-order valence-corrected chi connectivity index (χ4v) is 3.02. The molecule has 3 N–H and O–H groups in total. The summed E-state index contributed by atoms with van der Waals surface area (Å²) in [6, 6.07) is 6.37. The molecule has 6 nitrogen and oxygen atoms in total. The number of aromatic nitrogens is 2. The van der Waals surface area contributed by atoms with Gasteiger partial charge in [0.15, 0.2) is 5.69 Å². The van der Waals surface area contributed by atoms with Gasteiger partial charge in [-0.3, -0.25) is 9.89 Å². The first-order valence-corrected chi connectivity index (χ1v) is 8.71. The summed E-state index contributed by atoms with van der Waals surface area (Å²) in [7, 11) is 0. The molecule has 25 heavy (non-hydrogen) atoms. The van der Waals surface area contributed by atoms with Crippen molar-refractivity contribution in [1.29, 1.82) is 0 Å². The standard InChI is InChI=1S/C18H21FN4O2/c19-14-8-12(5-6-15(14)20-10-13-2-1-7-25-13)21-18(24)17-9-16(22-23-17)11-3-4-11/h5-6,8-9,11,13,20H,1-4,7,10H2,(H,21,24)(H,22,23). The molecule has 7 heteroatoms. The van der Waals surface area contributed by atoms with E-state index in [2.05, 4.69) is 20.8 Å². The zero-order valence-corrected chi connectivity index (χ0v) is 13.8. The fraction of sp³-hybridized carbons (Fsp3) is 0.444. The second-order valence-corrected chi connectivity index (χ2v) is 6.65. The smallest absolute Gasteiger partial charge is 0.276 e. The number of hydrogen-bond donors (Lipinski definition) is 3. The zero-order valence-electron chi connectivity index (χ0n) is 13.8. The van der Waals surface area contributed by atoms with Crippen molar-refractivity contribution < 1.29 is 13.9 Å². The number of benzene rings is 1. The van der Waals surface area contributed by atoms with Crippen LogP contribution < -0.4 is 10.6 Å². The molecule has 1 aliphatic heterocycles. The van der Waals surface area contributed by atoms with Crippen LogP contribution in [0.25, 0.3) is 0 Å². The molecule has 4 rings (SSSR count). The van der Waals surface area contributed by atoms with Gasteiger partial charge in [0, 0.05) is 30.5 Å². The van der Waals surface area contributed by atoms with Crippen molar-refractivity contribution in [1.82, 2.24) is 10.2 Å². The molecule has 0 radical (unpaired) electrons. The summed E-state index contributed by atoms with van der Waals surface area (Å²) in [4.78, 5) is 12.2. The molecule has 1 aromatic heterocycles. The van der Waals surface area contributed by atoms with E-state index in [-0.39, 0.29) is 12.0 Å². The molecule has 2 aliphatic rings. The van der Waals surface area contributed by atoms with E-state index in [1.54, 1.807) is 18.2 Å². The second kappa shape index (κ2) is 6.84. The van der Waals surface area contributed by atoms with Crippen LogP contribution in [-0.4, -0.2) is 35.4 Å². The van der Waals surface area contributed by atoms with Gasteiger partial charge in [-0.05, 0) is 49.9 Å². The first kappa shape index (κ1) is 16.1. The number of aromatic amines is 1. The maximum atomic E-state index is 14.2. The van der Waals surface area contributed by atoms with E-state index < -0.39 is 5.82 Å². The van der Waals surface area contributed by atoms with Crippen molar-refractivity contribution >= 4 is 17.3 Å². The predicted octanol–water partition coefficient (Wildman–Crippen LogP) is 3.27. The Morgan fingerprint density at radius 2 is 2.20 bits per heavy atom. The van der Waals surface area contributed by atoms with Gasteiger partial charge in [-0.1, -0.05) is 0 Å². The van der Waals surface area contributed by atoms with E-state index in [0.29, 0.717) is 29.5 Å². The second-order valence-electron chi connectivity index (χ2n) is 6.65. The van der Waals surface area contributed by atoms with Crippen molar-refractivity contribution in [2.24, 2.45) is 0 Å². The van der Waals surface area contributed by atoms with Crippen LogP contribution in [0.3, 0.4) is 0 Å². The third-order valence-electron chi connectivity index (χ3n) is 4.62. The molecule has 1 aromatic carbocycles. The van der Waals surface area contributed by atoms with Crippen LogP contribution in [0.2, 0.25) is 0 Å². The maximum absolute atomic E-state index is 14.2. The van der Waals surface area contributed by atoms with E-state index in [1.807, 2.05) is 0 Å². The SMILES string of the molecule is O=C(Nc1ccc(NCC2CCCO2)c(F)c1)c1cc(C2CC2)[nH]n1. The summed E-state index contributed by atoms with van der Waals surface area (Å²) in [5, 5.41) is 12.7. The quantitative estimate of drug-likeness (QED) is 0.751. The number of hydrogen-bond acceptors (Lipinski definition) is 4. The third-order valence-corrected chi connectivity index (χ3v) is 4.62. The Hall–Kier alpha value is -2.41. The lowest BCUT2D eigenvalue weighted by Gasteiger charge is -2.13. The minimum absolute atomic E-state index is 0.138. The summed E-state index contributed by atoms with van der Waals surface area (Å²) in [6.07, 6.45) is 4.45. The number of carbonyl (C=O) groups excluding carboxylic acids is 1. The summed E-state index contributed by atoms with van der Waals surface area (Å²) >= 11 is 0. The number of amides is 1. The number of rotatable bonds is 6. The molecule has 1 unspecified atom stereocenters. The molecule has 2 fully saturated rings. The highest BCUT2D eigenvalue weighted by atomic mass is 19.1. The van der Waals surface area contributed by atoms with Crippen molar-refractivity contribution in [3.63, 3.8) is 0 Å². The largest absolute Gasteiger partial charge is 0.380 e. The topological polar surface area (TPSA) is 79.0 Å². The van der Waals surface area contributed by atoms with Crippen molar-refractivity contribution in [3.8, 4) is 0 Å². The van der Waals surface area contributed by atoms with Crippen molar-refractivity contribution in [3.05, 3.63) is 41.5 Å². The Morgan fingerprint density at radius 3 is 2.92 bits per heavy atom. The van der Waals surface area contributed by atoms with Crippen LogP contribution in [-0.2, 0) is 4.74 Å². The van der Waals surface area contributed by atoms with Crippen molar-refractivity contribution in [2.45, 2.75) is 37.7 Å². The predicted molar refractivity (Wildman–Crippen MR) is 92.4 cm³/mol. The van der Waals surface area contributed by atoms with E-state index in [1.165, 1.54) is 6.07 Å². The Morgan fingerprint density at radius 1 is 1.32 bits per heavy atom. The Kier molecular flexibility index (Phi) is 4.40. The summed E-state index contributed by atoms with van der Waals surface area (Å²) in [5.41, 5.74) is 2.12. The Bertz CT molecular complexity index is 766. The molecule has 2 heterocycles. The summed E-state index contributed by atoms with van der Waals surface area (Å²) < 4.78 is 19.7. The van der Waals surface area contributed by atoms with Gasteiger partial charge in [-0.15, -0.1) is 0 Å². The maximum Gasteiger partial charge on any atom is 0.276 e. The van der Waals surface area contributed by atoms with Gasteiger partial charge in [0.1, 0.15) is 5.82 Å². The van der Waals surface area contributed by atoms with Gasteiger partial charge in [-0.25, -0.2) is 4.39 Å². The van der Waals surface area contributed by atoms with Gasteiger partial charge in [-0.2, -0.15) is 5.10 Å². The van der Waals surface area contributed by atoms with Crippen LogP contribution in [0.15, 0.2) is 24.3 Å². The van der Waals surface area contributed by atoms with Crippen LogP contribution in [0, 0.1) is 5.82 Å². The molecule has 1 atom stereocenters. The molecule has 1 saturated carbocycles. The summed E-state index contributed by atoms with van der Waals surface area (Å²) in [6.45, 7) is 1.36. The lowest BCUT2D eigenvalue weighted by Crippen LogP contribution is -2.19. The first-order valence-electron chi connectivity index (χ1n) is 8.71. The Labute approximate surface area is 145 Å². The Balaban J connectivity index is 1.36. The summed E-state index contributed by atoms with van der Waals surface area (Å²) in [5.74, 6) is -0.250. The van der Waals surface area contributed by atoms with Crippen LogP contribution >= 0.6 is 0 Å². The van der Waals surface area contributed by atoms with Crippen molar-refractivity contribution in [2.75, 3.05) is 23.8 Å². The van der Waals surface area contributed by atoms with Crippen LogP contribution in [0.1, 0.15) is 47.8 Å². The van der Waals surface area contributed by atoms with Crippen LogP contribution in [0.5, 0.6) is 0 Å². The molecular weight excluding hydrogens is 323 g/mol. The van der Waals surface area contributed by atoms with E-state index in [9.17, 15) is 9.18 Å². The van der Waals surface area contributed by atoms with E-state index in [4.69, 9.17) is 4.74 Å². The van der Waals surface area contributed by atoms with Gasteiger partial charge in [0.05, 0.1) is 11.8 Å². The molecule has 0 spiro atoms. The number of anilines is 2. The molecule has 132 valence electrons. The van der Waals surface area contributed by atoms with E-state index >= 15 is 0 Å². The molecule has 1 saturated heterocycles. The number of nitrogens with one attached hydrogen (secondary N) is 3. The highest BCUT2D eigenvalue weighted by Gasteiger charge is 2.26.